The average Bonchev–Trinajstić information content (AvgIpc) is 2.79. The number of aryl methyl sites for hydroxylation is 2. The number of nitrogens with one attached hydrogen (secondary N) is 1. The third-order valence-corrected chi connectivity index (χ3v) is 8.57. The van der Waals surface area contributed by atoms with Crippen LogP contribution in [0.3, 0.4) is 0 Å². The number of anilines is 1. The van der Waals surface area contributed by atoms with Crippen molar-refractivity contribution in [1.29, 1.82) is 0 Å². The van der Waals surface area contributed by atoms with Crippen molar-refractivity contribution < 1.29 is 17.9 Å². The van der Waals surface area contributed by atoms with Crippen molar-refractivity contribution in [3.63, 3.8) is 0 Å². The van der Waals surface area contributed by atoms with Gasteiger partial charge in [0, 0.05) is 24.2 Å². The molecule has 1 fully saturated rings. The minimum Gasteiger partial charge on any atom is -0.493 e. The third-order valence-electron chi connectivity index (χ3n) is 6.65. The van der Waals surface area contributed by atoms with Gasteiger partial charge in [0.15, 0.2) is 0 Å². The molecule has 186 valence electrons. The van der Waals surface area contributed by atoms with Gasteiger partial charge in [-0.15, -0.1) is 0 Å². The molecule has 3 rings (SSSR count). The summed E-state index contributed by atoms with van der Waals surface area (Å²) in [6.07, 6.45) is 3.19. The number of rotatable bonds is 9. The molecule has 0 radical (unpaired) electrons. The molecule has 2 aromatic rings. The second kappa shape index (κ2) is 10.9. The van der Waals surface area contributed by atoms with Gasteiger partial charge in [0.1, 0.15) is 5.75 Å². The molecule has 0 aromatic heterocycles. The van der Waals surface area contributed by atoms with E-state index in [9.17, 15) is 13.2 Å². The lowest BCUT2D eigenvalue weighted by atomic mass is 9.87. The van der Waals surface area contributed by atoms with Crippen LogP contribution in [-0.2, 0) is 14.8 Å². The molecule has 0 bridgehead atoms. The molecule has 0 aliphatic carbocycles. The maximum absolute atomic E-state index is 12.9. The Morgan fingerprint density at radius 2 is 1.74 bits per heavy atom. The number of carbonyl (C=O) groups is 1. The molecule has 1 saturated heterocycles. The second-order valence-electron chi connectivity index (χ2n) is 10.2. The van der Waals surface area contributed by atoms with E-state index in [0.717, 1.165) is 36.1 Å². The first-order valence-corrected chi connectivity index (χ1v) is 13.5. The van der Waals surface area contributed by atoms with E-state index in [4.69, 9.17) is 4.74 Å². The normalized spacial score (nSPS) is 15.8. The van der Waals surface area contributed by atoms with Gasteiger partial charge >= 0.3 is 0 Å². The number of benzene rings is 2. The van der Waals surface area contributed by atoms with E-state index in [1.807, 2.05) is 39.8 Å². The Morgan fingerprint density at radius 3 is 2.38 bits per heavy atom. The first-order chi connectivity index (χ1) is 16.0. The zero-order valence-electron chi connectivity index (χ0n) is 21.1. The molecule has 1 aliphatic heterocycles. The fourth-order valence-electron chi connectivity index (χ4n) is 4.06. The lowest BCUT2D eigenvalue weighted by molar-refractivity contribution is -0.124. The number of amides is 1. The molecule has 0 spiro atoms. The van der Waals surface area contributed by atoms with E-state index in [-0.39, 0.29) is 10.8 Å². The van der Waals surface area contributed by atoms with Crippen LogP contribution in [0.1, 0.15) is 57.6 Å². The van der Waals surface area contributed by atoms with Gasteiger partial charge in [0.25, 0.3) is 0 Å². The van der Waals surface area contributed by atoms with E-state index in [0.29, 0.717) is 37.7 Å². The highest BCUT2D eigenvalue weighted by Gasteiger charge is 2.29. The van der Waals surface area contributed by atoms with Crippen LogP contribution in [0.2, 0.25) is 0 Å². The van der Waals surface area contributed by atoms with E-state index in [2.05, 4.69) is 18.3 Å². The zero-order valence-corrected chi connectivity index (χ0v) is 21.9. The molecule has 6 nitrogen and oxygen atoms in total. The second-order valence-corrected chi connectivity index (χ2v) is 12.1. The van der Waals surface area contributed by atoms with Gasteiger partial charge in [-0.2, -0.15) is 4.31 Å². The van der Waals surface area contributed by atoms with Gasteiger partial charge in [-0.3, -0.25) is 4.79 Å². The summed E-state index contributed by atoms with van der Waals surface area (Å²) in [4.78, 5) is 13.1. The Labute approximate surface area is 204 Å². The molecule has 2 aromatic carbocycles. The molecule has 0 atom stereocenters. The molecule has 34 heavy (non-hydrogen) atoms. The summed E-state index contributed by atoms with van der Waals surface area (Å²) in [5.41, 5.74) is 2.27. The monoisotopic (exact) mass is 486 g/mol. The molecule has 0 saturated carbocycles. The Hall–Kier alpha value is -2.38. The molecular weight excluding hydrogens is 448 g/mol. The standard InChI is InChI=1S/C27H38N2O4S/c1-20-13-16-29(17-14-20)34(31,32)24-11-9-23(10-12-24)28-26(30)27(4,5)15-6-18-33-25-19-21(2)7-8-22(25)3/h7-12,19-20H,6,13-18H2,1-5H3,(H,28,30). The first kappa shape index (κ1) is 26.2. The van der Waals surface area contributed by atoms with Crippen molar-refractivity contribution in [1.82, 2.24) is 4.31 Å². The fourth-order valence-corrected chi connectivity index (χ4v) is 5.53. The Kier molecular flexibility index (Phi) is 8.42. The topological polar surface area (TPSA) is 75.7 Å². The number of nitrogens with zero attached hydrogens (tertiary/aromatic N) is 1. The molecular formula is C27H38N2O4S. The van der Waals surface area contributed by atoms with Crippen LogP contribution in [0.25, 0.3) is 0 Å². The van der Waals surface area contributed by atoms with Gasteiger partial charge in [0.05, 0.1) is 11.5 Å². The summed E-state index contributed by atoms with van der Waals surface area (Å²) in [6.45, 7) is 11.7. The molecule has 7 heteroatoms. The predicted molar refractivity (Wildman–Crippen MR) is 137 cm³/mol. The summed E-state index contributed by atoms with van der Waals surface area (Å²) >= 11 is 0. The predicted octanol–water partition coefficient (Wildman–Crippen LogP) is 5.55. The first-order valence-electron chi connectivity index (χ1n) is 12.1. The van der Waals surface area contributed by atoms with Crippen LogP contribution < -0.4 is 10.1 Å². The Bertz CT molecular complexity index is 1090. The van der Waals surface area contributed by atoms with Gasteiger partial charge in [-0.25, -0.2) is 8.42 Å². The highest BCUT2D eigenvalue weighted by molar-refractivity contribution is 7.89. The summed E-state index contributed by atoms with van der Waals surface area (Å²) in [5, 5.41) is 2.93. The minimum atomic E-state index is -3.50. The summed E-state index contributed by atoms with van der Waals surface area (Å²) in [7, 11) is -3.50. The molecule has 1 amide bonds. The van der Waals surface area contributed by atoms with Gasteiger partial charge in [-0.1, -0.05) is 32.9 Å². The van der Waals surface area contributed by atoms with Crippen molar-refractivity contribution in [2.45, 2.75) is 65.2 Å². The number of sulfonamides is 1. The van der Waals surface area contributed by atoms with Gasteiger partial charge in [0.2, 0.25) is 15.9 Å². The Balaban J connectivity index is 1.52. The maximum atomic E-state index is 12.9. The van der Waals surface area contributed by atoms with Crippen LogP contribution >= 0.6 is 0 Å². The van der Waals surface area contributed by atoms with Crippen LogP contribution in [0, 0.1) is 25.2 Å². The van der Waals surface area contributed by atoms with Crippen LogP contribution in [0.15, 0.2) is 47.4 Å². The number of hydrogen-bond donors (Lipinski definition) is 1. The van der Waals surface area contributed by atoms with E-state index < -0.39 is 15.4 Å². The molecule has 1 heterocycles. The van der Waals surface area contributed by atoms with Crippen molar-refractivity contribution in [2.75, 3.05) is 25.0 Å². The summed E-state index contributed by atoms with van der Waals surface area (Å²) in [6, 6.07) is 12.6. The SMILES string of the molecule is Cc1ccc(C)c(OCCCC(C)(C)C(=O)Nc2ccc(S(=O)(=O)N3CCC(C)CC3)cc2)c1. The van der Waals surface area contributed by atoms with E-state index >= 15 is 0 Å². The molecule has 1 aliphatic rings. The van der Waals surface area contributed by atoms with Gasteiger partial charge in [-0.05, 0) is 86.9 Å². The van der Waals surface area contributed by atoms with Crippen LogP contribution in [-0.4, -0.2) is 38.3 Å². The van der Waals surface area contributed by atoms with Crippen molar-refractivity contribution in [3.05, 3.63) is 53.6 Å². The van der Waals surface area contributed by atoms with Crippen molar-refractivity contribution in [2.24, 2.45) is 11.3 Å². The number of carbonyl (C=O) groups excluding carboxylic acids is 1. The number of piperidine rings is 1. The highest BCUT2D eigenvalue weighted by Crippen LogP contribution is 2.27. The molecule has 1 N–H and O–H groups in total. The lowest BCUT2D eigenvalue weighted by Crippen LogP contribution is -2.37. The summed E-state index contributed by atoms with van der Waals surface area (Å²) < 4.78 is 33.3. The minimum absolute atomic E-state index is 0.0974. The lowest BCUT2D eigenvalue weighted by Gasteiger charge is -2.29. The molecule has 0 unspecified atom stereocenters. The summed E-state index contributed by atoms with van der Waals surface area (Å²) in [5.74, 6) is 1.35. The quantitative estimate of drug-likeness (QED) is 0.472. The van der Waals surface area contributed by atoms with Gasteiger partial charge < -0.3 is 10.1 Å². The average molecular weight is 487 g/mol. The van der Waals surface area contributed by atoms with Crippen LogP contribution in [0.4, 0.5) is 5.69 Å². The largest absolute Gasteiger partial charge is 0.493 e. The van der Waals surface area contributed by atoms with Crippen molar-refractivity contribution in [3.8, 4) is 5.75 Å². The fraction of sp³-hybridized carbons (Fsp3) is 0.519. The smallest absolute Gasteiger partial charge is 0.243 e. The third kappa shape index (κ3) is 6.60. The number of hydrogen-bond acceptors (Lipinski definition) is 4. The van der Waals surface area contributed by atoms with Crippen molar-refractivity contribution >= 4 is 21.6 Å². The van der Waals surface area contributed by atoms with Crippen LogP contribution in [0.5, 0.6) is 5.75 Å². The highest BCUT2D eigenvalue weighted by atomic mass is 32.2. The van der Waals surface area contributed by atoms with E-state index in [1.165, 1.54) is 0 Å². The zero-order chi connectivity index (χ0) is 24.9. The maximum Gasteiger partial charge on any atom is 0.243 e. The van der Waals surface area contributed by atoms with E-state index in [1.54, 1.807) is 28.6 Å². The Morgan fingerprint density at radius 1 is 1.09 bits per heavy atom. The number of ether oxygens (including phenoxy) is 1.